The number of hydrogen-bond acceptors (Lipinski definition) is 4. The third-order valence-electron chi connectivity index (χ3n) is 2.73. The molecule has 1 heterocycles. The van der Waals surface area contributed by atoms with E-state index >= 15 is 0 Å². The first kappa shape index (κ1) is 13.1. The third kappa shape index (κ3) is 3.09. The minimum atomic E-state index is -0.0179. The van der Waals surface area contributed by atoms with Crippen LogP contribution in [0.5, 0.6) is 5.75 Å². The van der Waals surface area contributed by atoms with Gasteiger partial charge in [-0.15, -0.1) is 11.3 Å². The maximum Gasteiger partial charge on any atom is 0.140 e. The Balaban J connectivity index is 2.04. The van der Waals surface area contributed by atoms with Crippen LogP contribution >= 0.6 is 11.3 Å². The summed E-state index contributed by atoms with van der Waals surface area (Å²) in [5.74, 6) is 0.924. The van der Waals surface area contributed by atoms with Crippen molar-refractivity contribution in [2.24, 2.45) is 5.73 Å². The molecule has 0 aliphatic heterocycles. The molecule has 96 valence electrons. The molecule has 2 rings (SSSR count). The van der Waals surface area contributed by atoms with Gasteiger partial charge in [-0.05, 0) is 38.0 Å². The highest BCUT2D eigenvalue weighted by Gasteiger charge is 2.07. The van der Waals surface area contributed by atoms with Crippen molar-refractivity contribution >= 4 is 11.3 Å². The Morgan fingerprint density at radius 3 is 2.83 bits per heavy atom. The molecule has 0 saturated heterocycles. The molecule has 1 aromatic heterocycles. The minimum absolute atomic E-state index is 0.0179. The van der Waals surface area contributed by atoms with Gasteiger partial charge in [0, 0.05) is 11.4 Å². The van der Waals surface area contributed by atoms with Crippen molar-refractivity contribution in [2.75, 3.05) is 0 Å². The van der Waals surface area contributed by atoms with Gasteiger partial charge in [0.1, 0.15) is 17.4 Å². The molecule has 0 aliphatic rings. The molecule has 4 heteroatoms. The van der Waals surface area contributed by atoms with Crippen molar-refractivity contribution in [3.63, 3.8) is 0 Å². The molecule has 0 amide bonds. The van der Waals surface area contributed by atoms with Crippen LogP contribution in [0.25, 0.3) is 0 Å². The lowest BCUT2D eigenvalue weighted by Gasteiger charge is -2.08. The first-order chi connectivity index (χ1) is 8.56. The molecular weight excluding hydrogens is 244 g/mol. The van der Waals surface area contributed by atoms with E-state index in [9.17, 15) is 0 Å². The van der Waals surface area contributed by atoms with Gasteiger partial charge in [0.15, 0.2) is 0 Å². The maximum absolute atomic E-state index is 5.80. The molecule has 0 fully saturated rings. The van der Waals surface area contributed by atoms with Crippen LogP contribution in [0.4, 0.5) is 0 Å². The molecule has 3 nitrogen and oxygen atoms in total. The molecule has 2 N–H and O–H groups in total. The Kier molecular flexibility index (Phi) is 3.99. The summed E-state index contributed by atoms with van der Waals surface area (Å²) >= 11 is 1.59. The Morgan fingerprint density at radius 2 is 2.17 bits per heavy atom. The summed E-state index contributed by atoms with van der Waals surface area (Å²) in [5, 5.41) is 2.95. The molecule has 0 saturated carbocycles. The normalized spacial score (nSPS) is 12.4. The number of benzene rings is 1. The summed E-state index contributed by atoms with van der Waals surface area (Å²) in [6, 6.07) is 6.19. The van der Waals surface area contributed by atoms with E-state index in [1.807, 2.05) is 19.2 Å². The van der Waals surface area contributed by atoms with Crippen molar-refractivity contribution in [1.82, 2.24) is 4.98 Å². The second-order valence-electron chi connectivity index (χ2n) is 4.51. The maximum atomic E-state index is 5.80. The summed E-state index contributed by atoms with van der Waals surface area (Å²) < 4.78 is 5.80. The molecule has 0 radical (unpaired) electrons. The van der Waals surface area contributed by atoms with E-state index in [1.54, 1.807) is 11.3 Å². The van der Waals surface area contributed by atoms with Crippen LogP contribution in [-0.2, 0) is 6.61 Å². The van der Waals surface area contributed by atoms with Gasteiger partial charge in [-0.1, -0.05) is 12.1 Å². The zero-order chi connectivity index (χ0) is 13.1. The largest absolute Gasteiger partial charge is 0.486 e. The molecule has 0 spiro atoms. The number of thiazole rings is 1. The highest BCUT2D eigenvalue weighted by atomic mass is 32.1. The standard InChI is InChI=1S/C14H18N2OS/c1-9-4-5-10(2)13(6-9)17-7-14-16-12(8-18-14)11(3)15/h4-6,8,11H,7,15H2,1-3H3. The van der Waals surface area contributed by atoms with Crippen molar-refractivity contribution in [1.29, 1.82) is 0 Å². The zero-order valence-electron chi connectivity index (χ0n) is 10.9. The summed E-state index contributed by atoms with van der Waals surface area (Å²) in [5.41, 5.74) is 9.05. The summed E-state index contributed by atoms with van der Waals surface area (Å²) in [7, 11) is 0. The van der Waals surface area contributed by atoms with E-state index in [2.05, 4.69) is 30.1 Å². The van der Waals surface area contributed by atoms with Gasteiger partial charge in [-0.3, -0.25) is 0 Å². The number of hydrogen-bond donors (Lipinski definition) is 1. The van der Waals surface area contributed by atoms with Gasteiger partial charge in [-0.2, -0.15) is 0 Å². The lowest BCUT2D eigenvalue weighted by Crippen LogP contribution is -2.05. The molecule has 18 heavy (non-hydrogen) atoms. The number of aryl methyl sites for hydroxylation is 2. The lowest BCUT2D eigenvalue weighted by atomic mass is 10.1. The zero-order valence-corrected chi connectivity index (χ0v) is 11.8. The quantitative estimate of drug-likeness (QED) is 0.919. The second kappa shape index (κ2) is 5.50. The number of aromatic nitrogens is 1. The first-order valence-corrected chi connectivity index (χ1v) is 6.84. The summed E-state index contributed by atoms with van der Waals surface area (Å²) in [6.45, 7) is 6.54. The number of rotatable bonds is 4. The fourth-order valence-electron chi connectivity index (χ4n) is 1.60. The third-order valence-corrected chi connectivity index (χ3v) is 3.57. The van der Waals surface area contributed by atoms with E-state index < -0.39 is 0 Å². The molecule has 0 bridgehead atoms. The fourth-order valence-corrected chi connectivity index (χ4v) is 2.41. The highest BCUT2D eigenvalue weighted by molar-refractivity contribution is 7.09. The number of ether oxygens (including phenoxy) is 1. The van der Waals surface area contributed by atoms with Crippen LogP contribution in [0.2, 0.25) is 0 Å². The molecule has 1 atom stereocenters. The van der Waals surface area contributed by atoms with E-state index in [-0.39, 0.29) is 6.04 Å². The van der Waals surface area contributed by atoms with E-state index in [1.165, 1.54) is 5.56 Å². The van der Waals surface area contributed by atoms with Crippen LogP contribution in [0.3, 0.4) is 0 Å². The van der Waals surface area contributed by atoms with Gasteiger partial charge >= 0.3 is 0 Å². The highest BCUT2D eigenvalue weighted by Crippen LogP contribution is 2.22. The van der Waals surface area contributed by atoms with Gasteiger partial charge in [0.2, 0.25) is 0 Å². The van der Waals surface area contributed by atoms with Crippen LogP contribution in [0.1, 0.15) is 34.8 Å². The van der Waals surface area contributed by atoms with Crippen LogP contribution in [0.15, 0.2) is 23.6 Å². The Morgan fingerprint density at radius 1 is 1.39 bits per heavy atom. The monoisotopic (exact) mass is 262 g/mol. The van der Waals surface area contributed by atoms with E-state index in [0.29, 0.717) is 6.61 Å². The van der Waals surface area contributed by atoms with Crippen LogP contribution in [-0.4, -0.2) is 4.98 Å². The average molecular weight is 262 g/mol. The lowest BCUT2D eigenvalue weighted by molar-refractivity contribution is 0.303. The first-order valence-electron chi connectivity index (χ1n) is 5.96. The van der Waals surface area contributed by atoms with Gasteiger partial charge in [0.25, 0.3) is 0 Å². The molecule has 1 unspecified atom stereocenters. The van der Waals surface area contributed by atoms with Crippen LogP contribution < -0.4 is 10.5 Å². The van der Waals surface area contributed by atoms with Crippen molar-refractivity contribution in [3.8, 4) is 5.75 Å². The van der Waals surface area contributed by atoms with E-state index in [0.717, 1.165) is 22.0 Å². The van der Waals surface area contributed by atoms with Gasteiger partial charge in [-0.25, -0.2) is 4.98 Å². The van der Waals surface area contributed by atoms with Crippen molar-refractivity contribution < 1.29 is 4.74 Å². The van der Waals surface area contributed by atoms with Crippen molar-refractivity contribution in [2.45, 2.75) is 33.4 Å². The molecule has 2 aromatic rings. The van der Waals surface area contributed by atoms with Crippen molar-refractivity contribution in [3.05, 3.63) is 45.4 Å². The summed E-state index contributed by atoms with van der Waals surface area (Å²) in [6.07, 6.45) is 0. The number of nitrogens with two attached hydrogens (primary N) is 1. The minimum Gasteiger partial charge on any atom is -0.486 e. The average Bonchev–Trinajstić information content (AvgIpc) is 2.79. The van der Waals surface area contributed by atoms with E-state index in [4.69, 9.17) is 10.5 Å². The molecule has 1 aromatic carbocycles. The second-order valence-corrected chi connectivity index (χ2v) is 5.46. The van der Waals surface area contributed by atoms with Gasteiger partial charge < -0.3 is 10.5 Å². The number of nitrogens with zero attached hydrogens (tertiary/aromatic N) is 1. The Hall–Kier alpha value is -1.39. The van der Waals surface area contributed by atoms with Gasteiger partial charge in [0.05, 0.1) is 5.69 Å². The van der Waals surface area contributed by atoms with Crippen LogP contribution in [0, 0.1) is 13.8 Å². The SMILES string of the molecule is Cc1ccc(C)c(OCc2nc(C(C)N)cs2)c1. The smallest absolute Gasteiger partial charge is 0.140 e. The predicted molar refractivity (Wildman–Crippen MR) is 75.0 cm³/mol. The molecule has 0 aliphatic carbocycles. The predicted octanol–water partition coefficient (Wildman–Crippen LogP) is 3.36. The summed E-state index contributed by atoms with van der Waals surface area (Å²) in [4.78, 5) is 4.45. The Bertz CT molecular complexity index is 534. The fraction of sp³-hybridized carbons (Fsp3) is 0.357. The Labute approximate surface area is 112 Å². The molecular formula is C14H18N2OS. The topological polar surface area (TPSA) is 48.1 Å².